The minimum absolute atomic E-state index is 0.528. The van der Waals surface area contributed by atoms with Crippen molar-refractivity contribution in [3.8, 4) is 17.0 Å². The maximum atomic E-state index is 5.85. The van der Waals surface area contributed by atoms with Gasteiger partial charge in [0, 0.05) is 11.2 Å². The Labute approximate surface area is 122 Å². The zero-order valence-corrected chi connectivity index (χ0v) is 11.5. The number of ether oxygens (including phenoxy) is 1. The third-order valence-electron chi connectivity index (χ3n) is 2.98. The third kappa shape index (κ3) is 3.00. The number of benzene rings is 2. The average Bonchev–Trinajstić information content (AvgIpc) is 3.01. The molecule has 0 radical (unpaired) electrons. The van der Waals surface area contributed by atoms with Crippen LogP contribution in [0.15, 0.2) is 60.8 Å². The van der Waals surface area contributed by atoms with Gasteiger partial charge in [-0.15, -0.1) is 0 Å². The van der Waals surface area contributed by atoms with Crippen LogP contribution < -0.4 is 4.74 Å². The van der Waals surface area contributed by atoms with Crippen molar-refractivity contribution in [2.75, 3.05) is 0 Å². The van der Waals surface area contributed by atoms with E-state index in [1.807, 2.05) is 54.6 Å². The molecule has 2 aromatic carbocycles. The summed E-state index contributed by atoms with van der Waals surface area (Å²) in [5.41, 5.74) is 3.17. The zero-order valence-electron chi connectivity index (χ0n) is 10.7. The Bertz CT molecular complexity index is 661. The fourth-order valence-electron chi connectivity index (χ4n) is 1.89. The molecule has 100 valence electrons. The minimum Gasteiger partial charge on any atom is -0.489 e. The van der Waals surface area contributed by atoms with Crippen molar-refractivity contribution in [3.05, 3.63) is 71.4 Å². The van der Waals surface area contributed by atoms with Crippen molar-refractivity contribution >= 4 is 11.6 Å². The number of hydrogen-bond donors (Lipinski definition) is 1. The van der Waals surface area contributed by atoms with E-state index in [2.05, 4.69) is 10.2 Å². The number of H-pyrrole nitrogens is 1. The van der Waals surface area contributed by atoms with Gasteiger partial charge in [0.2, 0.25) is 0 Å². The lowest BCUT2D eigenvalue weighted by Crippen LogP contribution is -1.94. The minimum atomic E-state index is 0.528. The Balaban J connectivity index is 1.65. The predicted octanol–water partition coefficient (Wildman–Crippen LogP) is 4.31. The molecule has 0 amide bonds. The SMILES string of the molecule is Clc1ccc(COc2ccc(-c3ccn[nH]3)cc2)cc1. The normalized spacial score (nSPS) is 10.4. The molecular formula is C16H13ClN2O. The van der Waals surface area contributed by atoms with Crippen LogP contribution in [0.2, 0.25) is 5.02 Å². The van der Waals surface area contributed by atoms with E-state index in [1.165, 1.54) is 0 Å². The van der Waals surface area contributed by atoms with Crippen molar-refractivity contribution in [2.45, 2.75) is 6.61 Å². The van der Waals surface area contributed by atoms with E-state index < -0.39 is 0 Å². The van der Waals surface area contributed by atoms with Crippen LogP contribution in [-0.4, -0.2) is 10.2 Å². The van der Waals surface area contributed by atoms with Gasteiger partial charge in [-0.2, -0.15) is 5.10 Å². The number of hydrogen-bond acceptors (Lipinski definition) is 2. The van der Waals surface area contributed by atoms with Crippen LogP contribution in [-0.2, 0) is 6.61 Å². The maximum absolute atomic E-state index is 5.85. The molecule has 1 aromatic heterocycles. The Morgan fingerprint density at radius 3 is 2.35 bits per heavy atom. The summed E-state index contributed by atoms with van der Waals surface area (Å²) in [4.78, 5) is 0. The van der Waals surface area contributed by atoms with Crippen LogP contribution in [0.4, 0.5) is 0 Å². The molecular weight excluding hydrogens is 272 g/mol. The summed E-state index contributed by atoms with van der Waals surface area (Å²) in [7, 11) is 0. The molecule has 0 atom stereocenters. The number of nitrogens with zero attached hydrogens (tertiary/aromatic N) is 1. The molecule has 0 aliphatic rings. The summed E-state index contributed by atoms with van der Waals surface area (Å²) >= 11 is 5.85. The molecule has 0 unspecified atom stereocenters. The highest BCUT2D eigenvalue weighted by atomic mass is 35.5. The lowest BCUT2D eigenvalue weighted by atomic mass is 10.1. The Hall–Kier alpha value is -2.26. The van der Waals surface area contributed by atoms with E-state index in [0.717, 1.165) is 27.6 Å². The molecule has 3 rings (SSSR count). The van der Waals surface area contributed by atoms with E-state index >= 15 is 0 Å². The number of nitrogens with one attached hydrogen (secondary N) is 1. The highest BCUT2D eigenvalue weighted by Gasteiger charge is 2.00. The molecule has 0 aliphatic carbocycles. The molecule has 20 heavy (non-hydrogen) atoms. The van der Waals surface area contributed by atoms with Crippen LogP contribution in [0, 0.1) is 0 Å². The summed E-state index contributed by atoms with van der Waals surface area (Å²) in [6.45, 7) is 0.528. The Morgan fingerprint density at radius 2 is 1.70 bits per heavy atom. The first-order valence-electron chi connectivity index (χ1n) is 6.28. The molecule has 0 bridgehead atoms. The second kappa shape index (κ2) is 5.80. The highest BCUT2D eigenvalue weighted by Crippen LogP contribution is 2.21. The van der Waals surface area contributed by atoms with Crippen molar-refractivity contribution in [1.82, 2.24) is 10.2 Å². The first-order valence-corrected chi connectivity index (χ1v) is 6.66. The van der Waals surface area contributed by atoms with Gasteiger partial charge in [0.25, 0.3) is 0 Å². The molecule has 3 nitrogen and oxygen atoms in total. The van der Waals surface area contributed by atoms with Crippen molar-refractivity contribution in [1.29, 1.82) is 0 Å². The lowest BCUT2D eigenvalue weighted by molar-refractivity contribution is 0.306. The van der Waals surface area contributed by atoms with Gasteiger partial charge in [-0.1, -0.05) is 23.7 Å². The second-order valence-corrected chi connectivity index (χ2v) is 4.85. The second-order valence-electron chi connectivity index (χ2n) is 4.41. The van der Waals surface area contributed by atoms with Crippen molar-refractivity contribution < 1.29 is 4.74 Å². The maximum Gasteiger partial charge on any atom is 0.119 e. The van der Waals surface area contributed by atoms with Gasteiger partial charge in [-0.05, 0) is 53.6 Å². The zero-order chi connectivity index (χ0) is 13.8. The molecule has 0 spiro atoms. The molecule has 0 saturated carbocycles. The van der Waals surface area contributed by atoms with Gasteiger partial charge in [0.1, 0.15) is 12.4 Å². The summed E-state index contributed by atoms with van der Waals surface area (Å²) in [6.07, 6.45) is 1.74. The van der Waals surface area contributed by atoms with Crippen LogP contribution in [0.1, 0.15) is 5.56 Å². The summed E-state index contributed by atoms with van der Waals surface area (Å²) in [6, 6.07) is 17.5. The van der Waals surface area contributed by atoms with Crippen LogP contribution in [0.5, 0.6) is 5.75 Å². The van der Waals surface area contributed by atoms with Gasteiger partial charge in [-0.3, -0.25) is 5.10 Å². The van der Waals surface area contributed by atoms with Crippen LogP contribution in [0.3, 0.4) is 0 Å². The molecule has 0 saturated heterocycles. The van der Waals surface area contributed by atoms with E-state index in [4.69, 9.17) is 16.3 Å². The number of halogens is 1. The fraction of sp³-hybridized carbons (Fsp3) is 0.0625. The first kappa shape index (κ1) is 12.8. The predicted molar refractivity (Wildman–Crippen MR) is 79.8 cm³/mol. The molecule has 3 aromatic rings. The number of rotatable bonds is 4. The van der Waals surface area contributed by atoms with Gasteiger partial charge in [0.05, 0.1) is 5.69 Å². The monoisotopic (exact) mass is 284 g/mol. The van der Waals surface area contributed by atoms with E-state index in [9.17, 15) is 0 Å². The largest absolute Gasteiger partial charge is 0.489 e. The molecule has 4 heteroatoms. The fourth-order valence-corrected chi connectivity index (χ4v) is 2.02. The summed E-state index contributed by atoms with van der Waals surface area (Å²) in [5.74, 6) is 0.836. The Morgan fingerprint density at radius 1 is 0.950 bits per heavy atom. The standard InChI is InChI=1S/C16H13ClN2O/c17-14-5-1-12(2-6-14)11-20-15-7-3-13(4-8-15)16-9-10-18-19-16/h1-10H,11H2,(H,18,19). The molecule has 0 fully saturated rings. The Kier molecular flexibility index (Phi) is 3.70. The van der Waals surface area contributed by atoms with E-state index in [0.29, 0.717) is 6.61 Å². The van der Waals surface area contributed by atoms with Crippen LogP contribution >= 0.6 is 11.6 Å². The third-order valence-corrected chi connectivity index (χ3v) is 3.24. The van der Waals surface area contributed by atoms with Crippen molar-refractivity contribution in [2.24, 2.45) is 0 Å². The van der Waals surface area contributed by atoms with Gasteiger partial charge < -0.3 is 4.74 Å². The topological polar surface area (TPSA) is 37.9 Å². The summed E-state index contributed by atoms with van der Waals surface area (Å²) in [5, 5.41) is 7.60. The molecule has 0 aliphatic heterocycles. The smallest absolute Gasteiger partial charge is 0.119 e. The van der Waals surface area contributed by atoms with Gasteiger partial charge >= 0.3 is 0 Å². The summed E-state index contributed by atoms with van der Waals surface area (Å²) < 4.78 is 5.74. The lowest BCUT2D eigenvalue weighted by Gasteiger charge is -2.07. The quantitative estimate of drug-likeness (QED) is 0.775. The van der Waals surface area contributed by atoms with E-state index in [1.54, 1.807) is 6.20 Å². The van der Waals surface area contributed by atoms with Gasteiger partial charge in [0.15, 0.2) is 0 Å². The van der Waals surface area contributed by atoms with Gasteiger partial charge in [-0.25, -0.2) is 0 Å². The highest BCUT2D eigenvalue weighted by molar-refractivity contribution is 6.30. The molecule has 1 N–H and O–H groups in total. The number of aromatic amines is 1. The first-order chi connectivity index (χ1) is 9.81. The van der Waals surface area contributed by atoms with Crippen LogP contribution in [0.25, 0.3) is 11.3 Å². The number of aromatic nitrogens is 2. The van der Waals surface area contributed by atoms with Crippen molar-refractivity contribution in [3.63, 3.8) is 0 Å². The molecule has 1 heterocycles. The van der Waals surface area contributed by atoms with E-state index in [-0.39, 0.29) is 0 Å². The average molecular weight is 285 g/mol.